The predicted octanol–water partition coefficient (Wildman–Crippen LogP) is 1.56. The first-order valence-corrected chi connectivity index (χ1v) is 5.84. The van der Waals surface area contributed by atoms with Gasteiger partial charge in [0.1, 0.15) is 17.5 Å². The van der Waals surface area contributed by atoms with Crippen molar-refractivity contribution in [3.8, 4) is 0 Å². The first-order valence-electron chi connectivity index (χ1n) is 5.84. The molecule has 0 aliphatic carbocycles. The van der Waals surface area contributed by atoms with Gasteiger partial charge in [0.05, 0.1) is 0 Å². The lowest BCUT2D eigenvalue weighted by Gasteiger charge is -2.22. The van der Waals surface area contributed by atoms with Gasteiger partial charge in [-0.1, -0.05) is 13.8 Å². The Morgan fingerprint density at radius 3 is 2.56 bits per heavy atom. The number of hydrazine groups is 1. The molecular formula is C11H21N5. The summed E-state index contributed by atoms with van der Waals surface area (Å²) in [5.41, 5.74) is 2.59. The third kappa shape index (κ3) is 3.06. The van der Waals surface area contributed by atoms with E-state index >= 15 is 0 Å². The highest BCUT2D eigenvalue weighted by Crippen LogP contribution is 2.15. The molecule has 0 atom stereocenters. The lowest BCUT2D eigenvalue weighted by atomic mass is 10.3. The van der Waals surface area contributed by atoms with Crippen LogP contribution in [-0.4, -0.2) is 23.1 Å². The van der Waals surface area contributed by atoms with Gasteiger partial charge in [-0.25, -0.2) is 15.8 Å². The van der Waals surface area contributed by atoms with E-state index in [2.05, 4.69) is 34.1 Å². The fourth-order valence-corrected chi connectivity index (χ4v) is 1.58. The minimum atomic E-state index is 0.677. The van der Waals surface area contributed by atoms with Crippen LogP contribution in [0.2, 0.25) is 0 Å². The molecule has 1 aromatic heterocycles. The number of aryl methyl sites for hydroxylation is 1. The van der Waals surface area contributed by atoms with Crippen molar-refractivity contribution >= 4 is 11.6 Å². The Morgan fingerprint density at radius 2 is 2.06 bits per heavy atom. The van der Waals surface area contributed by atoms with E-state index in [0.29, 0.717) is 5.82 Å². The lowest BCUT2D eigenvalue weighted by molar-refractivity contribution is 0.768. The third-order valence-corrected chi connectivity index (χ3v) is 2.42. The Balaban J connectivity index is 3.00. The largest absolute Gasteiger partial charge is 0.357 e. The van der Waals surface area contributed by atoms with E-state index in [4.69, 9.17) is 5.84 Å². The van der Waals surface area contributed by atoms with Gasteiger partial charge in [0.25, 0.3) is 0 Å². The molecule has 0 aromatic carbocycles. The Kier molecular flexibility index (Phi) is 4.98. The normalized spacial score (nSPS) is 10.2. The average Bonchev–Trinajstić information content (AvgIpc) is 2.35. The highest BCUT2D eigenvalue weighted by atomic mass is 15.3. The van der Waals surface area contributed by atoms with Gasteiger partial charge in [0.2, 0.25) is 0 Å². The lowest BCUT2D eigenvalue weighted by Crippen LogP contribution is -2.25. The molecule has 0 amide bonds. The number of nitrogens with one attached hydrogen (secondary N) is 1. The van der Waals surface area contributed by atoms with Crippen LogP contribution in [0.15, 0.2) is 6.07 Å². The molecule has 0 saturated heterocycles. The summed E-state index contributed by atoms with van der Waals surface area (Å²) in [6.45, 7) is 8.26. The molecule has 3 N–H and O–H groups in total. The summed E-state index contributed by atoms with van der Waals surface area (Å²) in [7, 11) is 0. The summed E-state index contributed by atoms with van der Waals surface area (Å²) >= 11 is 0. The zero-order valence-electron chi connectivity index (χ0n) is 10.3. The first kappa shape index (κ1) is 12.7. The van der Waals surface area contributed by atoms with Gasteiger partial charge in [-0.3, -0.25) is 0 Å². The van der Waals surface area contributed by atoms with E-state index in [1.807, 2.05) is 13.0 Å². The van der Waals surface area contributed by atoms with Crippen LogP contribution in [0.3, 0.4) is 0 Å². The Bertz CT molecular complexity index is 304. The van der Waals surface area contributed by atoms with Crippen molar-refractivity contribution in [3.63, 3.8) is 0 Å². The molecule has 0 aliphatic heterocycles. The summed E-state index contributed by atoms with van der Waals surface area (Å²) in [5.74, 6) is 7.84. The van der Waals surface area contributed by atoms with E-state index in [9.17, 15) is 0 Å². The van der Waals surface area contributed by atoms with E-state index in [1.165, 1.54) is 0 Å². The Morgan fingerprint density at radius 1 is 1.31 bits per heavy atom. The van der Waals surface area contributed by atoms with Gasteiger partial charge in [-0.05, 0) is 13.3 Å². The van der Waals surface area contributed by atoms with Crippen LogP contribution in [-0.2, 0) is 6.42 Å². The molecule has 1 heterocycles. The molecule has 0 radical (unpaired) electrons. The third-order valence-electron chi connectivity index (χ3n) is 2.42. The predicted molar refractivity (Wildman–Crippen MR) is 67.4 cm³/mol. The van der Waals surface area contributed by atoms with Crippen LogP contribution in [0.4, 0.5) is 11.6 Å². The van der Waals surface area contributed by atoms with Crippen molar-refractivity contribution < 1.29 is 0 Å². The SMILES string of the molecule is CCCN(CC)c1cc(NN)nc(CC)n1. The molecule has 90 valence electrons. The number of hydrogen-bond acceptors (Lipinski definition) is 5. The first-order chi connectivity index (χ1) is 7.74. The molecule has 5 heteroatoms. The van der Waals surface area contributed by atoms with Crippen LogP contribution in [0.1, 0.15) is 33.0 Å². The van der Waals surface area contributed by atoms with E-state index < -0.39 is 0 Å². The van der Waals surface area contributed by atoms with Crippen molar-refractivity contribution in [1.29, 1.82) is 0 Å². The van der Waals surface area contributed by atoms with Gasteiger partial charge in [0, 0.05) is 25.6 Å². The topological polar surface area (TPSA) is 67.1 Å². The summed E-state index contributed by atoms with van der Waals surface area (Å²) in [4.78, 5) is 11.0. The number of nitrogens with zero attached hydrogens (tertiary/aromatic N) is 3. The van der Waals surface area contributed by atoms with E-state index in [1.54, 1.807) is 0 Å². The fraction of sp³-hybridized carbons (Fsp3) is 0.636. The summed E-state index contributed by atoms with van der Waals surface area (Å²) < 4.78 is 0. The minimum Gasteiger partial charge on any atom is -0.357 e. The number of aromatic nitrogens is 2. The molecule has 16 heavy (non-hydrogen) atoms. The van der Waals surface area contributed by atoms with Gasteiger partial charge in [-0.15, -0.1) is 0 Å². The van der Waals surface area contributed by atoms with Crippen molar-refractivity contribution in [2.75, 3.05) is 23.4 Å². The van der Waals surface area contributed by atoms with E-state index in [-0.39, 0.29) is 0 Å². The number of nitrogen functional groups attached to an aromatic ring is 1. The van der Waals surface area contributed by atoms with Crippen molar-refractivity contribution in [2.45, 2.75) is 33.6 Å². The number of rotatable bonds is 6. The zero-order valence-corrected chi connectivity index (χ0v) is 10.3. The van der Waals surface area contributed by atoms with Crippen molar-refractivity contribution in [2.24, 2.45) is 5.84 Å². The molecule has 1 aromatic rings. The monoisotopic (exact) mass is 223 g/mol. The molecule has 1 rings (SSSR count). The molecule has 0 aliphatic rings. The second-order valence-corrected chi connectivity index (χ2v) is 3.61. The Labute approximate surface area is 97.0 Å². The molecule has 5 nitrogen and oxygen atoms in total. The number of nitrogens with two attached hydrogens (primary N) is 1. The highest BCUT2D eigenvalue weighted by molar-refractivity contribution is 5.48. The maximum absolute atomic E-state index is 5.40. The molecule has 0 saturated carbocycles. The van der Waals surface area contributed by atoms with Crippen LogP contribution in [0, 0.1) is 0 Å². The average molecular weight is 223 g/mol. The number of hydrogen-bond donors (Lipinski definition) is 2. The van der Waals surface area contributed by atoms with Crippen molar-refractivity contribution in [3.05, 3.63) is 11.9 Å². The summed E-state index contributed by atoms with van der Waals surface area (Å²) in [5, 5.41) is 0. The van der Waals surface area contributed by atoms with Gasteiger partial charge in [-0.2, -0.15) is 0 Å². The summed E-state index contributed by atoms with van der Waals surface area (Å²) in [6.07, 6.45) is 1.91. The standard InChI is InChI=1S/C11H21N5/c1-4-7-16(6-3)11-8-10(15-12)13-9(5-2)14-11/h8H,4-7,12H2,1-3H3,(H,13,14,15). The molecule has 0 bridgehead atoms. The molecule has 0 fully saturated rings. The van der Waals surface area contributed by atoms with E-state index in [0.717, 1.165) is 37.6 Å². The fourth-order valence-electron chi connectivity index (χ4n) is 1.58. The highest BCUT2D eigenvalue weighted by Gasteiger charge is 2.08. The van der Waals surface area contributed by atoms with Crippen LogP contribution < -0.4 is 16.2 Å². The zero-order chi connectivity index (χ0) is 12.0. The van der Waals surface area contributed by atoms with Gasteiger partial charge < -0.3 is 10.3 Å². The van der Waals surface area contributed by atoms with Crippen LogP contribution in [0.25, 0.3) is 0 Å². The second-order valence-electron chi connectivity index (χ2n) is 3.61. The second kappa shape index (κ2) is 6.27. The quantitative estimate of drug-likeness (QED) is 0.566. The molecule has 0 spiro atoms. The van der Waals surface area contributed by atoms with Gasteiger partial charge in [0.15, 0.2) is 0 Å². The summed E-state index contributed by atoms with van der Waals surface area (Å²) in [6, 6.07) is 1.89. The minimum absolute atomic E-state index is 0.677. The van der Waals surface area contributed by atoms with Crippen LogP contribution >= 0.6 is 0 Å². The van der Waals surface area contributed by atoms with Gasteiger partial charge >= 0.3 is 0 Å². The van der Waals surface area contributed by atoms with Crippen LogP contribution in [0.5, 0.6) is 0 Å². The van der Waals surface area contributed by atoms with Crippen molar-refractivity contribution in [1.82, 2.24) is 9.97 Å². The molecule has 0 unspecified atom stereocenters. The maximum atomic E-state index is 5.40. The Hall–Kier alpha value is -1.36. The smallest absolute Gasteiger partial charge is 0.145 e. The molecular weight excluding hydrogens is 202 g/mol. The number of anilines is 2. The maximum Gasteiger partial charge on any atom is 0.145 e.